The molecule has 0 bridgehead atoms. The number of nitrogens with zero attached hydrogens (tertiary/aromatic N) is 2. The Kier molecular flexibility index (Phi) is 3.48. The molecule has 1 aromatic rings. The van der Waals surface area contributed by atoms with Gasteiger partial charge in [0.2, 0.25) is 0 Å². The van der Waals surface area contributed by atoms with Gasteiger partial charge in [0.15, 0.2) is 0 Å². The number of likely N-dealkylation sites (N-methyl/N-ethyl adjacent to an activating group) is 1. The monoisotopic (exact) mass is 262 g/mol. The highest BCUT2D eigenvalue weighted by atomic mass is 16.4. The van der Waals surface area contributed by atoms with Crippen molar-refractivity contribution in [1.82, 2.24) is 5.01 Å². The Morgan fingerprint density at radius 1 is 1.37 bits per heavy atom. The van der Waals surface area contributed by atoms with Gasteiger partial charge >= 0.3 is 5.97 Å². The van der Waals surface area contributed by atoms with Crippen LogP contribution in [0.2, 0.25) is 0 Å². The number of carbonyl (C=O) groups is 1. The summed E-state index contributed by atoms with van der Waals surface area (Å²) in [4.78, 5) is 11.4. The van der Waals surface area contributed by atoms with Crippen molar-refractivity contribution >= 4 is 11.7 Å². The van der Waals surface area contributed by atoms with Crippen LogP contribution in [0.1, 0.15) is 20.8 Å². The minimum atomic E-state index is -0.915. The summed E-state index contributed by atoms with van der Waals surface area (Å²) in [5.74, 6) is -0.777. The summed E-state index contributed by atoms with van der Waals surface area (Å²) in [5.41, 5.74) is 1.61. The van der Waals surface area contributed by atoms with Crippen molar-refractivity contribution in [3.05, 3.63) is 35.5 Å². The van der Waals surface area contributed by atoms with E-state index >= 15 is 0 Å². The van der Waals surface area contributed by atoms with Gasteiger partial charge in [0.1, 0.15) is 5.75 Å². The Labute approximate surface area is 112 Å². The van der Waals surface area contributed by atoms with Gasteiger partial charge in [-0.25, -0.2) is 9.80 Å². The fourth-order valence-electron chi connectivity index (χ4n) is 2.64. The van der Waals surface area contributed by atoms with Gasteiger partial charge in [-0.3, -0.25) is 5.01 Å². The number of aliphatic carboxylic acids is 1. The van der Waals surface area contributed by atoms with E-state index in [-0.39, 0.29) is 11.8 Å². The van der Waals surface area contributed by atoms with Crippen LogP contribution in [0.4, 0.5) is 5.69 Å². The molecule has 5 heteroatoms. The second kappa shape index (κ2) is 4.93. The summed E-state index contributed by atoms with van der Waals surface area (Å²) >= 11 is 0. The first-order valence-corrected chi connectivity index (χ1v) is 6.27. The van der Waals surface area contributed by atoms with Crippen molar-refractivity contribution in [2.24, 2.45) is 0 Å². The zero-order valence-electron chi connectivity index (χ0n) is 11.3. The van der Waals surface area contributed by atoms with E-state index in [4.69, 9.17) is 0 Å². The number of hydrogen-bond acceptors (Lipinski definition) is 4. The molecule has 0 radical (unpaired) electrons. The first-order valence-electron chi connectivity index (χ1n) is 6.27. The minimum absolute atomic E-state index is 0.138. The number of allylic oxidation sites excluding steroid dienone is 1. The summed E-state index contributed by atoms with van der Waals surface area (Å²) in [6, 6.07) is 6.71. The van der Waals surface area contributed by atoms with E-state index in [0.29, 0.717) is 23.5 Å². The molecule has 1 unspecified atom stereocenters. The number of hydrogen-bond donors (Lipinski definition) is 2. The van der Waals surface area contributed by atoms with Crippen LogP contribution in [0, 0.1) is 0 Å². The lowest BCUT2D eigenvalue weighted by atomic mass is 10.1. The Bertz CT molecular complexity index is 539. The van der Waals surface area contributed by atoms with E-state index in [2.05, 4.69) is 0 Å². The number of phenols is 1. The second-order valence-corrected chi connectivity index (χ2v) is 4.54. The maximum atomic E-state index is 11.4. The molecule has 5 nitrogen and oxygen atoms in total. The highest BCUT2D eigenvalue weighted by Gasteiger charge is 2.38. The molecule has 0 fully saturated rings. The van der Waals surface area contributed by atoms with Crippen LogP contribution < -0.4 is 5.01 Å². The van der Waals surface area contributed by atoms with Crippen molar-refractivity contribution in [1.29, 1.82) is 0 Å². The van der Waals surface area contributed by atoms with Gasteiger partial charge in [-0.1, -0.05) is 19.1 Å². The standard InChI is InChI=1S/C14H18N2O3/c1-4-15-9(2)13(14(18)19)10(3)16(15)11-7-5-6-8-12(11)17/h5-9,17H,4H2,1-3H3,(H,18,19). The molecule has 2 N–H and O–H groups in total. The fourth-order valence-corrected chi connectivity index (χ4v) is 2.64. The Balaban J connectivity index is 2.55. The van der Waals surface area contributed by atoms with Gasteiger partial charge in [0.05, 0.1) is 17.3 Å². The van der Waals surface area contributed by atoms with Crippen LogP contribution in [-0.4, -0.2) is 33.8 Å². The van der Waals surface area contributed by atoms with Crippen molar-refractivity contribution < 1.29 is 15.0 Å². The summed E-state index contributed by atoms with van der Waals surface area (Å²) in [6.07, 6.45) is 0. The van der Waals surface area contributed by atoms with E-state index in [1.165, 1.54) is 0 Å². The van der Waals surface area contributed by atoms with E-state index in [0.717, 1.165) is 0 Å². The summed E-state index contributed by atoms with van der Waals surface area (Å²) in [7, 11) is 0. The van der Waals surface area contributed by atoms with Crippen molar-refractivity contribution in [2.45, 2.75) is 26.8 Å². The van der Waals surface area contributed by atoms with Crippen molar-refractivity contribution in [2.75, 3.05) is 11.6 Å². The normalized spacial score (nSPS) is 20.2. The first-order chi connectivity index (χ1) is 8.99. The Hall–Kier alpha value is -2.01. The molecule has 2 rings (SSSR count). The van der Waals surface area contributed by atoms with Gasteiger partial charge < -0.3 is 10.2 Å². The van der Waals surface area contributed by atoms with Crippen LogP contribution in [0.5, 0.6) is 5.75 Å². The summed E-state index contributed by atoms with van der Waals surface area (Å²) in [6.45, 7) is 6.24. The summed E-state index contributed by atoms with van der Waals surface area (Å²) < 4.78 is 0. The SMILES string of the molecule is CCN1C(C)C(C(=O)O)=C(C)N1c1ccccc1O. The lowest BCUT2D eigenvalue weighted by molar-refractivity contribution is -0.133. The van der Waals surface area contributed by atoms with Crippen LogP contribution >= 0.6 is 0 Å². The molecular formula is C14H18N2O3. The topological polar surface area (TPSA) is 64.0 Å². The van der Waals surface area contributed by atoms with E-state index in [9.17, 15) is 15.0 Å². The number of carboxylic acids is 1. The van der Waals surface area contributed by atoms with Crippen LogP contribution in [-0.2, 0) is 4.79 Å². The maximum absolute atomic E-state index is 11.4. The van der Waals surface area contributed by atoms with E-state index in [1.54, 1.807) is 30.1 Å². The Morgan fingerprint density at radius 2 is 2.00 bits per heavy atom. The highest BCUT2D eigenvalue weighted by Crippen LogP contribution is 2.38. The number of anilines is 1. The molecule has 0 saturated heterocycles. The Morgan fingerprint density at radius 3 is 2.53 bits per heavy atom. The average Bonchev–Trinajstić information content (AvgIpc) is 2.61. The third-order valence-corrected chi connectivity index (χ3v) is 3.49. The minimum Gasteiger partial charge on any atom is -0.506 e. The quantitative estimate of drug-likeness (QED) is 0.874. The van der Waals surface area contributed by atoms with Crippen molar-refractivity contribution in [3.8, 4) is 5.75 Å². The predicted molar refractivity (Wildman–Crippen MR) is 72.8 cm³/mol. The number of carboxylic acid groups (broad SMARTS) is 1. The second-order valence-electron chi connectivity index (χ2n) is 4.54. The average molecular weight is 262 g/mol. The third-order valence-electron chi connectivity index (χ3n) is 3.49. The molecule has 102 valence electrons. The molecule has 1 aliphatic rings. The lowest BCUT2D eigenvalue weighted by Gasteiger charge is -2.33. The molecule has 1 aliphatic heterocycles. The van der Waals surface area contributed by atoms with Crippen molar-refractivity contribution in [3.63, 3.8) is 0 Å². The smallest absolute Gasteiger partial charge is 0.335 e. The number of phenolic OH excluding ortho intramolecular Hbond substituents is 1. The highest BCUT2D eigenvalue weighted by molar-refractivity contribution is 5.91. The molecule has 19 heavy (non-hydrogen) atoms. The van der Waals surface area contributed by atoms with Crippen LogP contribution in [0.3, 0.4) is 0 Å². The van der Waals surface area contributed by atoms with Gasteiger partial charge in [0, 0.05) is 12.2 Å². The third kappa shape index (κ3) is 2.06. The molecule has 1 atom stereocenters. The van der Waals surface area contributed by atoms with Crippen LogP contribution in [0.25, 0.3) is 0 Å². The fraction of sp³-hybridized carbons (Fsp3) is 0.357. The molecule has 0 saturated carbocycles. The number of aromatic hydroxyl groups is 1. The molecule has 0 spiro atoms. The van der Waals surface area contributed by atoms with Gasteiger partial charge in [-0.05, 0) is 26.0 Å². The van der Waals surface area contributed by atoms with Gasteiger partial charge in [-0.15, -0.1) is 0 Å². The van der Waals surface area contributed by atoms with E-state index in [1.807, 2.05) is 24.9 Å². The number of benzene rings is 1. The molecule has 0 aliphatic carbocycles. The van der Waals surface area contributed by atoms with Gasteiger partial charge in [0.25, 0.3) is 0 Å². The molecule has 0 amide bonds. The molecular weight excluding hydrogens is 244 g/mol. The summed E-state index contributed by atoms with van der Waals surface area (Å²) in [5, 5.41) is 23.0. The predicted octanol–water partition coefficient (Wildman–Crippen LogP) is 2.20. The largest absolute Gasteiger partial charge is 0.506 e. The number of para-hydroxylation sites is 2. The number of hydrazine groups is 1. The molecule has 1 aromatic carbocycles. The zero-order chi connectivity index (χ0) is 14.2. The van der Waals surface area contributed by atoms with E-state index < -0.39 is 5.97 Å². The number of rotatable bonds is 3. The van der Waals surface area contributed by atoms with Gasteiger partial charge in [-0.2, -0.15) is 0 Å². The maximum Gasteiger partial charge on any atom is 0.335 e. The first kappa shape index (κ1) is 13.4. The lowest BCUT2D eigenvalue weighted by Crippen LogP contribution is -2.41. The molecule has 0 aromatic heterocycles. The van der Waals surface area contributed by atoms with Crippen LogP contribution in [0.15, 0.2) is 35.5 Å². The zero-order valence-corrected chi connectivity index (χ0v) is 11.3. The molecule has 1 heterocycles.